The van der Waals surface area contributed by atoms with Crippen LogP contribution >= 0.6 is 0 Å². The van der Waals surface area contributed by atoms with Crippen LogP contribution in [0.5, 0.6) is 0 Å². The Balaban J connectivity index is 2.03. The van der Waals surface area contributed by atoms with Crippen molar-refractivity contribution in [2.45, 2.75) is 125 Å². The minimum Gasteiger partial charge on any atom is -0.477 e. The first-order valence-corrected chi connectivity index (χ1v) is 15.0. The predicted molar refractivity (Wildman–Crippen MR) is 149 cm³/mol. The molecule has 3 aliphatic rings. The first-order valence-electron chi connectivity index (χ1n) is 15.0. The molecule has 16 atom stereocenters. The second-order valence-corrected chi connectivity index (χ2v) is 11.7. The minimum atomic E-state index is -3.10. The molecule has 0 saturated carbocycles. The van der Waals surface area contributed by atoms with Crippen LogP contribution in [0.15, 0.2) is 0 Å². The van der Waals surface area contributed by atoms with Crippen molar-refractivity contribution in [2.75, 3.05) is 19.8 Å². The molecule has 22 nitrogen and oxygen atoms in total. The number of rotatable bonds is 13. The Labute approximate surface area is 277 Å². The van der Waals surface area contributed by atoms with Gasteiger partial charge in [-0.15, -0.1) is 0 Å². The fraction of sp³-hybridized carbons (Fsp3) is 0.852. The number of carboxylic acid groups (broad SMARTS) is 1. The molecule has 0 aromatic heterocycles. The summed E-state index contributed by atoms with van der Waals surface area (Å²) in [5, 5.41) is 107. The van der Waals surface area contributed by atoms with Gasteiger partial charge in [0.1, 0.15) is 79.9 Å². The summed E-state index contributed by atoms with van der Waals surface area (Å²) in [6.45, 7) is 0.217. The smallest absolute Gasteiger partial charge is 0.364 e. The van der Waals surface area contributed by atoms with Crippen molar-refractivity contribution in [3.63, 3.8) is 0 Å². The molecular formula is C27H43NO21. The Hall–Kier alpha value is -2.68. The van der Waals surface area contributed by atoms with Gasteiger partial charge in [0.25, 0.3) is 5.79 Å². The van der Waals surface area contributed by atoms with Crippen LogP contribution in [0.1, 0.15) is 27.2 Å². The second-order valence-electron chi connectivity index (χ2n) is 11.7. The van der Waals surface area contributed by atoms with E-state index in [0.29, 0.717) is 0 Å². The zero-order valence-electron chi connectivity index (χ0n) is 26.5. The fourth-order valence-corrected chi connectivity index (χ4v) is 5.66. The van der Waals surface area contributed by atoms with E-state index in [1.165, 1.54) is 0 Å². The Morgan fingerprint density at radius 2 is 1.49 bits per heavy atom. The molecule has 3 aliphatic heterocycles. The molecule has 3 saturated heterocycles. The van der Waals surface area contributed by atoms with Crippen molar-refractivity contribution in [3.05, 3.63) is 0 Å². The van der Waals surface area contributed by atoms with Gasteiger partial charge in [-0.3, -0.25) is 14.4 Å². The number of aliphatic hydroxyl groups excluding tert-OH is 9. The summed E-state index contributed by atoms with van der Waals surface area (Å²) < 4.78 is 37.3. The highest BCUT2D eigenvalue weighted by Gasteiger charge is 2.61. The van der Waals surface area contributed by atoms with E-state index in [0.717, 1.165) is 20.8 Å². The molecule has 0 aromatic rings. The number of nitrogens with one attached hydrogen (secondary N) is 1. The number of hydrogen-bond donors (Lipinski definition) is 11. The van der Waals surface area contributed by atoms with Crippen molar-refractivity contribution in [1.82, 2.24) is 5.32 Å². The standard InChI is InChI=1S/C27H43NO21/c1-8(31)28-15-12(44-10(3)33)4-27(26(41)42,48-22(15)16(35)11(34)7-43-9(2)32)49-23-17(36)13(5-29)46-25(20(23)39)47-21-14(6-30)45-24(40)19(38)18(21)37/h11-25,29-30,34-40H,4-7H2,1-3H3,(H,28,31)(H,41,42)/t11-,12+,13-,14-,15-,16-,17+,18-,19-,20-,21-,22-,23+,24-,25+,27+/m1/s1. The summed E-state index contributed by atoms with van der Waals surface area (Å²) in [5.41, 5.74) is 0. The zero-order chi connectivity index (χ0) is 37.0. The van der Waals surface area contributed by atoms with Crippen LogP contribution in [0.3, 0.4) is 0 Å². The van der Waals surface area contributed by atoms with Crippen LogP contribution < -0.4 is 5.32 Å². The van der Waals surface area contributed by atoms with E-state index in [9.17, 15) is 70.2 Å². The topological polar surface area (TPSA) is 347 Å². The zero-order valence-corrected chi connectivity index (χ0v) is 26.5. The van der Waals surface area contributed by atoms with Gasteiger partial charge < -0.3 is 89.5 Å². The highest BCUT2D eigenvalue weighted by Crippen LogP contribution is 2.39. The third-order valence-electron chi connectivity index (χ3n) is 8.03. The lowest BCUT2D eigenvalue weighted by Gasteiger charge is -2.51. The number of esters is 2. The summed E-state index contributed by atoms with van der Waals surface area (Å²) in [7, 11) is 0. The number of carbonyl (C=O) groups is 4. The number of carboxylic acids is 1. The lowest BCUT2D eigenvalue weighted by atomic mass is 9.87. The average Bonchev–Trinajstić information content (AvgIpc) is 3.03. The summed E-state index contributed by atoms with van der Waals surface area (Å²) in [6.07, 6.45) is -28.2. The van der Waals surface area contributed by atoms with Gasteiger partial charge in [-0.1, -0.05) is 0 Å². The monoisotopic (exact) mass is 717 g/mol. The van der Waals surface area contributed by atoms with Gasteiger partial charge in [-0.25, -0.2) is 4.79 Å². The molecule has 282 valence electrons. The van der Waals surface area contributed by atoms with Gasteiger partial charge in [0.05, 0.1) is 25.7 Å². The van der Waals surface area contributed by atoms with Gasteiger partial charge in [0.15, 0.2) is 12.6 Å². The normalized spacial score (nSPS) is 40.9. The van der Waals surface area contributed by atoms with Gasteiger partial charge in [0, 0.05) is 20.8 Å². The molecule has 3 rings (SSSR count). The molecule has 0 unspecified atom stereocenters. The quantitative estimate of drug-likeness (QED) is 0.0788. The van der Waals surface area contributed by atoms with E-state index in [1.54, 1.807) is 0 Å². The van der Waals surface area contributed by atoms with E-state index < -0.39 is 148 Å². The van der Waals surface area contributed by atoms with Crippen LogP contribution in [0.2, 0.25) is 0 Å². The van der Waals surface area contributed by atoms with Crippen LogP contribution in [0.25, 0.3) is 0 Å². The van der Waals surface area contributed by atoms with Crippen LogP contribution in [0, 0.1) is 0 Å². The average molecular weight is 718 g/mol. The van der Waals surface area contributed by atoms with E-state index >= 15 is 0 Å². The van der Waals surface area contributed by atoms with Gasteiger partial charge in [0.2, 0.25) is 5.91 Å². The number of hydrogen-bond acceptors (Lipinski definition) is 20. The van der Waals surface area contributed by atoms with Crippen LogP contribution in [-0.4, -0.2) is 192 Å². The van der Waals surface area contributed by atoms with Crippen molar-refractivity contribution >= 4 is 23.8 Å². The number of amides is 1. The van der Waals surface area contributed by atoms with E-state index in [4.69, 9.17) is 33.2 Å². The maximum absolute atomic E-state index is 12.9. The number of aliphatic hydroxyl groups is 9. The Morgan fingerprint density at radius 1 is 0.857 bits per heavy atom. The molecular weight excluding hydrogens is 674 g/mol. The van der Waals surface area contributed by atoms with E-state index in [1.807, 2.05) is 0 Å². The van der Waals surface area contributed by atoms with Crippen molar-refractivity contribution < 1.29 is 103 Å². The van der Waals surface area contributed by atoms with Gasteiger partial charge in [-0.2, -0.15) is 0 Å². The minimum absolute atomic E-state index is 0.782. The maximum Gasteiger partial charge on any atom is 0.364 e. The lowest BCUT2D eigenvalue weighted by Crippen LogP contribution is -2.71. The molecule has 0 spiro atoms. The number of ether oxygens (including phenoxy) is 7. The largest absolute Gasteiger partial charge is 0.477 e. The van der Waals surface area contributed by atoms with Crippen molar-refractivity contribution in [2.24, 2.45) is 0 Å². The highest BCUT2D eigenvalue weighted by molar-refractivity contribution is 5.77. The first kappa shape index (κ1) is 40.7. The second kappa shape index (κ2) is 17.0. The van der Waals surface area contributed by atoms with E-state index in [2.05, 4.69) is 5.32 Å². The Morgan fingerprint density at radius 3 is 2.02 bits per heavy atom. The van der Waals surface area contributed by atoms with Crippen LogP contribution in [0.4, 0.5) is 0 Å². The van der Waals surface area contributed by atoms with Gasteiger partial charge in [-0.05, 0) is 0 Å². The summed E-state index contributed by atoms with van der Waals surface area (Å²) in [6, 6.07) is -1.57. The third-order valence-corrected chi connectivity index (χ3v) is 8.03. The molecule has 0 aliphatic carbocycles. The number of carbonyl (C=O) groups excluding carboxylic acids is 3. The van der Waals surface area contributed by atoms with Crippen molar-refractivity contribution in [1.29, 1.82) is 0 Å². The first-order chi connectivity index (χ1) is 22.9. The maximum atomic E-state index is 12.9. The van der Waals surface area contributed by atoms with Crippen LogP contribution in [-0.2, 0) is 52.3 Å². The lowest BCUT2D eigenvalue weighted by molar-refractivity contribution is -0.385. The molecule has 0 radical (unpaired) electrons. The molecule has 0 aromatic carbocycles. The summed E-state index contributed by atoms with van der Waals surface area (Å²) in [4.78, 5) is 48.4. The molecule has 22 heteroatoms. The SMILES string of the molecule is CC(=O)N[C@H]1[C@H]([C@H](O)[C@H](O)COC(C)=O)O[C@@](O[C@H]2[C@@H](O)[C@@H](CO)O[C@@H](O[C@H]3[C@H](O)[C@@H](O)[C@H](O)O[C@@H]3CO)[C@@H]2O)(C(=O)O)C[C@@H]1OC(C)=O. The molecule has 49 heavy (non-hydrogen) atoms. The third kappa shape index (κ3) is 9.36. The predicted octanol–water partition coefficient (Wildman–Crippen LogP) is -7.08. The fourth-order valence-electron chi connectivity index (χ4n) is 5.66. The molecule has 0 bridgehead atoms. The van der Waals surface area contributed by atoms with Gasteiger partial charge >= 0.3 is 17.9 Å². The number of aliphatic carboxylic acids is 1. The van der Waals surface area contributed by atoms with Crippen molar-refractivity contribution in [3.8, 4) is 0 Å². The molecule has 3 fully saturated rings. The Bertz CT molecular complexity index is 1160. The summed E-state index contributed by atoms with van der Waals surface area (Å²) in [5.74, 6) is -7.76. The summed E-state index contributed by atoms with van der Waals surface area (Å²) >= 11 is 0. The molecule has 1 amide bonds. The molecule has 3 heterocycles. The molecule has 11 N–H and O–H groups in total. The highest BCUT2D eigenvalue weighted by atomic mass is 16.8. The van der Waals surface area contributed by atoms with E-state index in [-0.39, 0.29) is 0 Å². The Kier molecular flexibility index (Phi) is 14.2.